The average Bonchev–Trinajstić information content (AvgIpc) is 1.25. The Kier molecular flexibility index (Phi) is 20.2. The standard InChI is InChI=1S/NO3.O3P.Zr/c2-1(3)4;1-4(2)3;/q-1;-3;+4. The van der Waals surface area contributed by atoms with Crippen LogP contribution in [0.5, 0.6) is 0 Å². The van der Waals surface area contributed by atoms with Gasteiger partial charge in [-0.1, -0.05) is 0 Å². The van der Waals surface area contributed by atoms with Gasteiger partial charge in [-0.25, -0.2) is 0 Å². The molecule has 0 aromatic rings. The molecule has 0 amide bonds. The van der Waals surface area contributed by atoms with Gasteiger partial charge in [-0.05, 0) is 0 Å². The zero-order chi connectivity index (χ0) is 7.15. The molecule has 0 aliphatic heterocycles. The fourth-order valence-corrected chi connectivity index (χ4v) is 0. The smallest absolute Gasteiger partial charge is 0.854 e. The van der Waals surface area contributed by atoms with E-state index in [1.165, 1.54) is 0 Å². The van der Waals surface area contributed by atoms with Gasteiger partial charge in [-0.15, -0.1) is 0 Å². The molecule has 0 atom stereocenters. The molecule has 0 saturated carbocycles. The molecule has 0 aromatic heterocycles. The first-order chi connectivity index (χ1) is 3.46. The summed E-state index contributed by atoms with van der Waals surface area (Å²) >= 11 is 0. The van der Waals surface area contributed by atoms with Crippen LogP contribution >= 0.6 is 8.60 Å². The molecular formula is NO6PZr. The van der Waals surface area contributed by atoms with Gasteiger partial charge in [0.2, 0.25) is 0 Å². The zero-order valence-electron chi connectivity index (χ0n) is 3.84. The predicted molar refractivity (Wildman–Crippen MR) is 17.3 cm³/mol. The summed E-state index contributed by atoms with van der Waals surface area (Å²) in [6.45, 7) is 0. The monoisotopic (exact) mass is 231 g/mol. The Bertz CT molecular complexity index is 57.3. The summed E-state index contributed by atoms with van der Waals surface area (Å²) in [4.78, 5) is 33.7. The van der Waals surface area contributed by atoms with Crippen molar-refractivity contribution < 1.29 is 46.0 Å². The molecule has 50 valence electrons. The van der Waals surface area contributed by atoms with Crippen molar-refractivity contribution >= 4 is 8.60 Å². The van der Waals surface area contributed by atoms with Crippen LogP contribution in [0.3, 0.4) is 0 Å². The number of nitrogens with zero attached hydrogens (tertiary/aromatic N) is 1. The van der Waals surface area contributed by atoms with Crippen LogP contribution in [-0.4, -0.2) is 5.09 Å². The molecule has 0 saturated heterocycles. The van der Waals surface area contributed by atoms with E-state index >= 15 is 0 Å². The Morgan fingerprint density at radius 1 is 1.11 bits per heavy atom. The third kappa shape index (κ3) is 2220. The van der Waals surface area contributed by atoms with Crippen LogP contribution in [0.1, 0.15) is 0 Å². The third-order valence-corrected chi connectivity index (χ3v) is 0. The van der Waals surface area contributed by atoms with E-state index < -0.39 is 13.7 Å². The molecule has 0 aliphatic carbocycles. The molecule has 0 aliphatic rings. The van der Waals surface area contributed by atoms with Gasteiger partial charge < -0.3 is 38.6 Å². The van der Waals surface area contributed by atoms with Crippen molar-refractivity contribution in [3.63, 3.8) is 0 Å². The van der Waals surface area contributed by atoms with Crippen LogP contribution in [-0.2, 0) is 26.2 Å². The first-order valence-corrected chi connectivity index (χ1v) is 2.19. The van der Waals surface area contributed by atoms with Crippen molar-refractivity contribution in [3.05, 3.63) is 15.3 Å². The molecule has 0 fully saturated rings. The molecule has 0 unspecified atom stereocenters. The van der Waals surface area contributed by atoms with Gasteiger partial charge in [0.15, 0.2) is 0 Å². The second-order valence-electron chi connectivity index (χ2n) is 0.447. The maximum atomic E-state index is 8.48. The van der Waals surface area contributed by atoms with Crippen LogP contribution in [0.25, 0.3) is 0 Å². The van der Waals surface area contributed by atoms with Gasteiger partial charge >= 0.3 is 26.2 Å². The van der Waals surface area contributed by atoms with Crippen molar-refractivity contribution in [1.82, 2.24) is 0 Å². The molecular weight excluding hydrogens is 232 g/mol. The van der Waals surface area contributed by atoms with Crippen LogP contribution in [0.4, 0.5) is 0 Å². The Hall–Kier alpha value is 0.393. The van der Waals surface area contributed by atoms with Crippen LogP contribution in [0, 0.1) is 15.3 Å². The molecule has 0 aromatic carbocycles. The number of hydrogen-bond acceptors (Lipinski definition) is 6. The van der Waals surface area contributed by atoms with E-state index in [2.05, 4.69) is 0 Å². The molecule has 0 rings (SSSR count). The largest absolute Gasteiger partial charge is 4.00 e. The molecule has 0 heterocycles. The van der Waals surface area contributed by atoms with Crippen LogP contribution in [0.2, 0.25) is 0 Å². The second-order valence-corrected chi connectivity index (χ2v) is 0.894. The van der Waals surface area contributed by atoms with Crippen molar-refractivity contribution in [1.29, 1.82) is 0 Å². The zero-order valence-corrected chi connectivity index (χ0v) is 7.20. The first kappa shape index (κ1) is 16.2. The fourth-order valence-electron chi connectivity index (χ4n) is 0. The van der Waals surface area contributed by atoms with Gasteiger partial charge in [0.05, 0.1) is 5.09 Å². The van der Waals surface area contributed by atoms with E-state index in [1.807, 2.05) is 0 Å². The molecule has 0 N–H and O–H groups in total. The summed E-state index contributed by atoms with van der Waals surface area (Å²) in [5, 5.41) is 14.8. The Morgan fingerprint density at radius 2 is 1.11 bits per heavy atom. The molecule has 0 radical (unpaired) electrons. The summed E-state index contributed by atoms with van der Waals surface area (Å²) in [5.74, 6) is 0. The average molecular weight is 232 g/mol. The minimum Gasteiger partial charge on any atom is -0.854 e. The van der Waals surface area contributed by atoms with Gasteiger partial charge in [-0.3, -0.25) is 0 Å². The maximum Gasteiger partial charge on any atom is 4.00 e. The molecule has 9 heavy (non-hydrogen) atoms. The van der Waals surface area contributed by atoms with Crippen molar-refractivity contribution in [2.75, 3.05) is 0 Å². The minimum atomic E-state index is -3.37. The van der Waals surface area contributed by atoms with Crippen LogP contribution in [0.15, 0.2) is 0 Å². The van der Waals surface area contributed by atoms with Gasteiger partial charge in [0, 0.05) is 0 Å². The summed E-state index contributed by atoms with van der Waals surface area (Å²) in [6.07, 6.45) is 0. The summed E-state index contributed by atoms with van der Waals surface area (Å²) in [7, 11) is -3.37. The Labute approximate surface area is 70.2 Å². The summed E-state index contributed by atoms with van der Waals surface area (Å²) in [6, 6.07) is 0. The van der Waals surface area contributed by atoms with Crippen LogP contribution < -0.4 is 14.7 Å². The SMILES string of the molecule is O=[N+]([O-])[O-].[O-]P([O-])[O-].[Zr+4]. The normalized spacial score (nSPS) is 6.67. The first-order valence-electron chi connectivity index (χ1n) is 1.10. The number of rotatable bonds is 0. The maximum absolute atomic E-state index is 8.48. The van der Waals surface area contributed by atoms with E-state index in [1.54, 1.807) is 0 Å². The quantitative estimate of drug-likeness (QED) is 0.249. The molecule has 0 bridgehead atoms. The Morgan fingerprint density at radius 3 is 1.11 bits per heavy atom. The number of hydrogen-bond donors (Lipinski definition) is 0. The predicted octanol–water partition coefficient (Wildman–Crippen LogP) is -2.95. The van der Waals surface area contributed by atoms with Gasteiger partial charge in [0.1, 0.15) is 0 Å². The van der Waals surface area contributed by atoms with E-state index in [0.717, 1.165) is 0 Å². The van der Waals surface area contributed by atoms with E-state index in [-0.39, 0.29) is 26.2 Å². The van der Waals surface area contributed by atoms with Gasteiger partial charge in [0.25, 0.3) is 0 Å². The third-order valence-electron chi connectivity index (χ3n) is 0. The topological polar surface area (TPSA) is 135 Å². The van der Waals surface area contributed by atoms with Crippen molar-refractivity contribution in [2.24, 2.45) is 0 Å². The van der Waals surface area contributed by atoms with Crippen molar-refractivity contribution in [3.8, 4) is 0 Å². The van der Waals surface area contributed by atoms with Gasteiger partial charge in [-0.2, -0.15) is 0 Å². The van der Waals surface area contributed by atoms with E-state index in [9.17, 15) is 0 Å². The molecule has 9 heteroatoms. The van der Waals surface area contributed by atoms with E-state index in [0.29, 0.717) is 0 Å². The fraction of sp³-hybridized carbons (Fsp3) is 0. The van der Waals surface area contributed by atoms with Crippen molar-refractivity contribution in [2.45, 2.75) is 0 Å². The second kappa shape index (κ2) is 11.2. The molecule has 0 spiro atoms. The summed E-state index contributed by atoms with van der Waals surface area (Å²) in [5.41, 5.74) is 0. The summed E-state index contributed by atoms with van der Waals surface area (Å²) < 4.78 is 0. The van der Waals surface area contributed by atoms with E-state index in [4.69, 9.17) is 30.0 Å². The minimum absolute atomic E-state index is 0. The Balaban J connectivity index is -0.0000000720. The molecule has 7 nitrogen and oxygen atoms in total.